The van der Waals surface area contributed by atoms with Crippen molar-refractivity contribution in [2.45, 2.75) is 0 Å². The second-order valence-electron chi connectivity index (χ2n) is 0.582. The zero-order chi connectivity index (χ0) is 4.50. The summed E-state index contributed by atoms with van der Waals surface area (Å²) < 4.78 is 17.2. The van der Waals surface area contributed by atoms with E-state index in [9.17, 15) is 4.55 Å². The van der Waals surface area contributed by atoms with Crippen molar-refractivity contribution in [2.24, 2.45) is 0 Å². The topological polar surface area (TPSA) is 43.3 Å². The van der Waals surface area contributed by atoms with Crippen LogP contribution in [0.25, 0.3) is 0 Å². The van der Waals surface area contributed by atoms with Crippen LogP contribution < -0.4 is 29.6 Å². The van der Waals surface area contributed by atoms with Crippen molar-refractivity contribution in [3.05, 3.63) is 0 Å². The van der Waals surface area contributed by atoms with Crippen LogP contribution in [0.3, 0.4) is 0 Å². The molecule has 0 aromatic heterocycles. The van der Waals surface area contributed by atoms with Gasteiger partial charge in [0.25, 0.3) is 0 Å². The summed E-state index contributed by atoms with van der Waals surface area (Å²) in [6.45, 7) is 0. The first-order valence-electron chi connectivity index (χ1n) is 0.805. The quantitative estimate of drug-likeness (QED) is 0.278. The molecule has 0 aliphatic heterocycles. The van der Waals surface area contributed by atoms with E-state index in [0.29, 0.717) is 0 Å². The van der Waals surface area contributed by atoms with E-state index in [1.54, 1.807) is 0 Å². The second kappa shape index (κ2) is 3.37. The van der Waals surface area contributed by atoms with E-state index in [-0.39, 0.29) is 29.6 Å². The summed E-state index contributed by atoms with van der Waals surface area (Å²) in [6, 6.07) is 0. The summed E-state index contributed by atoms with van der Waals surface area (Å²) in [5.41, 5.74) is 0. The smallest absolute Gasteiger partial charge is 0.779 e. The van der Waals surface area contributed by atoms with Gasteiger partial charge in [0, 0.05) is 0 Å². The minimum atomic E-state index is -3.08. The monoisotopic (exact) mass is 134 g/mol. The summed E-state index contributed by atoms with van der Waals surface area (Å²) in [7, 11) is -3.08. The van der Waals surface area contributed by atoms with Crippen LogP contribution in [0.15, 0.2) is 0 Å². The third-order valence-electron chi connectivity index (χ3n) is 0. The summed E-state index contributed by atoms with van der Waals surface area (Å²) in [4.78, 5) is 0. The van der Waals surface area contributed by atoms with Gasteiger partial charge in [-0.2, -0.15) is 0 Å². The summed E-state index contributed by atoms with van der Waals surface area (Å²) in [6.07, 6.45) is 0. The molecule has 0 aromatic carbocycles. The fourth-order valence-corrected chi connectivity index (χ4v) is 0. The Morgan fingerprint density at radius 3 is 1.83 bits per heavy atom. The molecule has 0 heterocycles. The van der Waals surface area contributed by atoms with E-state index in [0.717, 1.165) is 0 Å². The molecule has 0 saturated heterocycles. The molecule has 1 N–H and O–H groups in total. The van der Waals surface area contributed by atoms with Crippen LogP contribution in [0.4, 0.5) is 0 Å². The molecule has 0 spiro atoms. The van der Waals surface area contributed by atoms with Gasteiger partial charge in [0.05, 0.1) is 0 Å². The van der Waals surface area contributed by atoms with Gasteiger partial charge < -0.3 is 9.11 Å². The molecule has 0 saturated carbocycles. The average molecular weight is 134 g/mol. The Hall–Kier alpha value is 1.36. The summed E-state index contributed by atoms with van der Waals surface area (Å²) in [5, 5.41) is 0. The van der Waals surface area contributed by atoms with Gasteiger partial charge in [0.2, 0.25) is 0 Å². The SMILES string of the molecule is C=S([O-])(O)=S.[Na+]. The fourth-order valence-electron chi connectivity index (χ4n) is 0. The molecular formula is CH3NaO2S2. The van der Waals surface area contributed by atoms with Crippen LogP contribution in [-0.2, 0) is 19.9 Å². The molecule has 32 valence electrons. The van der Waals surface area contributed by atoms with E-state index in [4.69, 9.17) is 4.55 Å². The maximum Gasteiger partial charge on any atom is 1.00 e. The Bertz CT molecular complexity index is 94.7. The average Bonchev–Trinajstić information content (AvgIpc) is 0.722. The van der Waals surface area contributed by atoms with E-state index >= 15 is 0 Å². The predicted molar refractivity (Wildman–Crippen MR) is 25.3 cm³/mol. The van der Waals surface area contributed by atoms with Crippen LogP contribution in [-0.4, -0.2) is 15.0 Å². The van der Waals surface area contributed by atoms with Gasteiger partial charge >= 0.3 is 29.6 Å². The fraction of sp³-hybridized carbons (Fsp3) is 0. The molecule has 1 unspecified atom stereocenters. The molecule has 0 aliphatic carbocycles. The molecule has 0 rings (SSSR count). The van der Waals surface area contributed by atoms with Crippen molar-refractivity contribution in [3.63, 3.8) is 0 Å². The van der Waals surface area contributed by atoms with Crippen molar-refractivity contribution in [2.75, 3.05) is 0 Å². The van der Waals surface area contributed by atoms with E-state index in [1.165, 1.54) is 0 Å². The third-order valence-corrected chi connectivity index (χ3v) is 0. The minimum absolute atomic E-state index is 0. The van der Waals surface area contributed by atoms with Crippen LogP contribution in [0.5, 0.6) is 0 Å². The molecule has 1 atom stereocenters. The van der Waals surface area contributed by atoms with Gasteiger partial charge in [-0.3, -0.25) is 0 Å². The van der Waals surface area contributed by atoms with Gasteiger partial charge in [0.15, 0.2) is 0 Å². The van der Waals surface area contributed by atoms with Crippen molar-refractivity contribution >= 4 is 25.8 Å². The Balaban J connectivity index is 0. The molecule has 0 aromatic rings. The molecule has 0 radical (unpaired) electrons. The zero-order valence-corrected chi connectivity index (χ0v) is 7.01. The van der Waals surface area contributed by atoms with Crippen LogP contribution in [0, 0.1) is 0 Å². The molecular weight excluding hydrogens is 131 g/mol. The molecule has 0 bridgehead atoms. The second-order valence-corrected chi connectivity index (χ2v) is 3.31. The first kappa shape index (κ1) is 10.4. The van der Waals surface area contributed by atoms with Gasteiger partial charge in [-0.1, -0.05) is 5.87 Å². The zero-order valence-electron chi connectivity index (χ0n) is 3.38. The van der Waals surface area contributed by atoms with E-state index in [1.807, 2.05) is 0 Å². The number of hydrogen-bond acceptors (Lipinski definition) is 2. The summed E-state index contributed by atoms with van der Waals surface area (Å²) in [5.74, 6) is 2.67. The largest absolute Gasteiger partial charge is 1.00 e. The van der Waals surface area contributed by atoms with Crippen LogP contribution >= 0.6 is 0 Å². The molecule has 2 nitrogen and oxygen atoms in total. The molecule has 0 fully saturated rings. The molecule has 6 heavy (non-hydrogen) atoms. The van der Waals surface area contributed by atoms with Crippen LogP contribution in [0.1, 0.15) is 0 Å². The predicted octanol–water partition coefficient (Wildman–Crippen LogP) is -3.36. The Morgan fingerprint density at radius 2 is 1.83 bits per heavy atom. The number of rotatable bonds is 0. The van der Waals surface area contributed by atoms with Crippen molar-refractivity contribution in [1.29, 1.82) is 0 Å². The first-order valence-corrected chi connectivity index (χ1v) is 3.41. The van der Waals surface area contributed by atoms with E-state index < -0.39 is 8.74 Å². The molecule has 0 amide bonds. The molecule has 0 aliphatic rings. The Morgan fingerprint density at radius 1 is 1.83 bits per heavy atom. The summed E-state index contributed by atoms with van der Waals surface area (Å²) >= 11 is 3.80. The Kier molecular flexibility index (Phi) is 5.83. The maximum atomic E-state index is 9.45. The molecule has 5 heteroatoms. The normalized spacial score (nSPS) is 17.7. The van der Waals surface area contributed by atoms with Crippen molar-refractivity contribution in [1.82, 2.24) is 0 Å². The number of hydrogen-bond donors (Lipinski definition) is 1. The van der Waals surface area contributed by atoms with Gasteiger partial charge in [0.1, 0.15) is 0 Å². The maximum absolute atomic E-state index is 9.45. The standard InChI is InChI=1S/CH4O2S2.Na/c1-5(2,3)4;/h1H2,(H2,2,3,4);/q;+1/p-1. The third kappa shape index (κ3) is 55.1. The van der Waals surface area contributed by atoms with E-state index in [2.05, 4.69) is 17.1 Å². The van der Waals surface area contributed by atoms with Gasteiger partial charge in [-0.05, 0) is 11.2 Å². The van der Waals surface area contributed by atoms with Crippen molar-refractivity contribution < 1.29 is 38.7 Å². The van der Waals surface area contributed by atoms with Gasteiger partial charge in [-0.25, -0.2) is 0 Å². The van der Waals surface area contributed by atoms with Crippen LogP contribution in [0.2, 0.25) is 0 Å². The first-order chi connectivity index (χ1) is 2.00. The van der Waals surface area contributed by atoms with Gasteiger partial charge in [-0.15, -0.1) is 8.74 Å². The van der Waals surface area contributed by atoms with Crippen molar-refractivity contribution in [3.8, 4) is 0 Å². The Labute approximate surface area is 64.0 Å². The minimum Gasteiger partial charge on any atom is -0.779 e.